The van der Waals surface area contributed by atoms with Crippen molar-refractivity contribution in [3.63, 3.8) is 0 Å². The molecule has 0 radical (unpaired) electrons. The Morgan fingerprint density at radius 2 is 1.01 bits per heavy atom. The van der Waals surface area contributed by atoms with Gasteiger partial charge in [0.15, 0.2) is 0 Å². The van der Waals surface area contributed by atoms with Gasteiger partial charge >= 0.3 is 0 Å². The standard InChI is InChI=1S/C73H63BN2/c1-42-19-23-46(24-20-42)63-64-51-14-8-7-13-48(51)40-61-70(64)75(66(63)47-25-21-43(2)22-26-47)62-28-27-58-69-65(62)74(61)60-41-50(45-31-35-72(5,6)36-32-45)38-55-54-37-49(44-29-33-71(3,4)34-30-44)39-59(67(54)76(69)68(55)60)73(58)56-17-11-9-15-52(56)53-16-10-12-18-57(53)73/h7-28,37-41,44-45H,29-36H2,1-6H3. The molecule has 76 heavy (non-hydrogen) atoms. The van der Waals surface area contributed by atoms with Crippen LogP contribution < -0.4 is 16.4 Å². The van der Waals surface area contributed by atoms with Crippen LogP contribution in [0.15, 0.2) is 164 Å². The predicted octanol–water partition coefficient (Wildman–Crippen LogP) is 17.0. The molecule has 2 aromatic heterocycles. The minimum Gasteiger partial charge on any atom is -0.310 e. The summed E-state index contributed by atoms with van der Waals surface area (Å²) in [6, 6.07) is 65.9. The van der Waals surface area contributed by atoms with Crippen molar-refractivity contribution in [2.75, 3.05) is 0 Å². The summed E-state index contributed by atoms with van der Waals surface area (Å²) in [6.45, 7) is 14.4. The quantitative estimate of drug-likeness (QED) is 0.156. The van der Waals surface area contributed by atoms with Crippen LogP contribution in [-0.4, -0.2) is 15.8 Å². The molecule has 0 atom stereocenters. The van der Waals surface area contributed by atoms with Crippen LogP contribution in [0.25, 0.3) is 88.4 Å². The predicted molar refractivity (Wildman–Crippen MR) is 321 cm³/mol. The fraction of sp³-hybridized carbons (Fsp3) is 0.260. The van der Waals surface area contributed by atoms with E-state index in [2.05, 4.69) is 214 Å². The van der Waals surface area contributed by atoms with Crippen LogP contribution in [0.4, 0.5) is 0 Å². The highest BCUT2D eigenvalue weighted by atomic mass is 15.1. The number of nitrogens with zero attached hydrogens (tertiary/aromatic N) is 2. The first-order valence-corrected chi connectivity index (χ1v) is 28.8. The molecule has 368 valence electrons. The Labute approximate surface area is 447 Å². The van der Waals surface area contributed by atoms with Crippen molar-refractivity contribution >= 4 is 66.6 Å². The van der Waals surface area contributed by atoms with Gasteiger partial charge in [-0.3, -0.25) is 0 Å². The van der Waals surface area contributed by atoms with Crippen molar-refractivity contribution in [2.24, 2.45) is 10.8 Å². The Hall–Kier alpha value is -7.36. The topological polar surface area (TPSA) is 9.86 Å². The minimum absolute atomic E-state index is 0.0148. The maximum Gasteiger partial charge on any atom is 0.252 e. The maximum absolute atomic E-state index is 2.86. The summed E-state index contributed by atoms with van der Waals surface area (Å²) < 4.78 is 5.61. The van der Waals surface area contributed by atoms with Crippen molar-refractivity contribution < 1.29 is 0 Å². The second-order valence-corrected chi connectivity index (χ2v) is 26.1. The summed E-state index contributed by atoms with van der Waals surface area (Å²) in [5, 5.41) is 6.91. The third-order valence-corrected chi connectivity index (χ3v) is 20.6. The fourth-order valence-electron chi connectivity index (χ4n) is 16.7. The molecule has 1 spiro atoms. The van der Waals surface area contributed by atoms with Crippen molar-refractivity contribution in [3.05, 3.63) is 208 Å². The molecule has 0 bridgehead atoms. The fourth-order valence-corrected chi connectivity index (χ4v) is 16.7. The zero-order chi connectivity index (χ0) is 50.7. The third-order valence-electron chi connectivity index (χ3n) is 20.6. The lowest BCUT2D eigenvalue weighted by atomic mass is 9.33. The van der Waals surface area contributed by atoms with E-state index in [4.69, 9.17) is 0 Å². The third kappa shape index (κ3) is 5.59. The lowest BCUT2D eigenvalue weighted by molar-refractivity contribution is 0.224. The number of aryl methyl sites for hydroxylation is 2. The SMILES string of the molecule is Cc1ccc(-c2c(-c3ccc(C)cc3)n3c4c(cc5ccccc5c24)B2c4c-3ccc3c4-n4c5c2cc(C2CCC(C)(C)CC2)cc5c2cc(C5CCC(C)(C)CC5)cc(c24)C32c3ccccc3-c3ccccc32)cc1. The van der Waals surface area contributed by atoms with Gasteiger partial charge in [0.05, 0.1) is 22.1 Å². The van der Waals surface area contributed by atoms with E-state index in [0.29, 0.717) is 22.7 Å². The summed E-state index contributed by atoms with van der Waals surface area (Å²) in [6.07, 6.45) is 10.0. The second kappa shape index (κ2) is 15.0. The highest BCUT2D eigenvalue weighted by molar-refractivity contribution is 7.00. The highest BCUT2D eigenvalue weighted by Gasteiger charge is 2.55. The van der Waals surface area contributed by atoms with Crippen molar-refractivity contribution in [1.29, 1.82) is 0 Å². The van der Waals surface area contributed by atoms with Gasteiger partial charge in [0.1, 0.15) is 0 Å². The van der Waals surface area contributed by atoms with Gasteiger partial charge in [0.25, 0.3) is 6.71 Å². The Balaban J connectivity index is 1.09. The summed E-state index contributed by atoms with van der Waals surface area (Å²) in [5.74, 6) is 1.05. The zero-order valence-electron chi connectivity index (χ0n) is 44.9. The normalized spacial score (nSPS) is 18.2. The van der Waals surface area contributed by atoms with E-state index in [9.17, 15) is 0 Å². The highest BCUT2D eigenvalue weighted by Crippen LogP contribution is 2.63. The Morgan fingerprint density at radius 3 is 1.66 bits per heavy atom. The molecule has 0 unspecified atom stereocenters. The molecule has 2 nitrogen and oxygen atoms in total. The van der Waals surface area contributed by atoms with Gasteiger partial charge in [-0.15, -0.1) is 0 Å². The van der Waals surface area contributed by atoms with Crippen LogP contribution >= 0.6 is 0 Å². The number of hydrogen-bond donors (Lipinski definition) is 0. The van der Waals surface area contributed by atoms with Crippen LogP contribution in [0, 0.1) is 24.7 Å². The van der Waals surface area contributed by atoms with Gasteiger partial charge in [-0.2, -0.15) is 0 Å². The first kappa shape index (κ1) is 43.8. The molecule has 9 aromatic carbocycles. The molecule has 5 heterocycles. The van der Waals surface area contributed by atoms with Gasteiger partial charge < -0.3 is 9.13 Å². The summed E-state index contributed by atoms with van der Waals surface area (Å²) in [5.41, 5.74) is 30.8. The Morgan fingerprint density at radius 1 is 0.461 bits per heavy atom. The molecule has 3 heteroatoms. The average molecular weight is 979 g/mol. The van der Waals surface area contributed by atoms with Gasteiger partial charge in [0.2, 0.25) is 0 Å². The Bertz CT molecular complexity index is 4320. The van der Waals surface area contributed by atoms with E-state index in [1.807, 2.05) is 0 Å². The number of fused-ring (bicyclic) bond motifs is 13. The Kier molecular flexibility index (Phi) is 8.64. The number of rotatable bonds is 4. The van der Waals surface area contributed by atoms with E-state index >= 15 is 0 Å². The first-order valence-electron chi connectivity index (χ1n) is 28.8. The molecule has 3 aliphatic heterocycles. The smallest absolute Gasteiger partial charge is 0.252 e. The average Bonchev–Trinajstić information content (AvgIpc) is 4.24. The largest absolute Gasteiger partial charge is 0.310 e. The van der Waals surface area contributed by atoms with E-state index in [1.165, 1.54) is 190 Å². The summed E-state index contributed by atoms with van der Waals surface area (Å²) >= 11 is 0. The maximum atomic E-state index is 2.86. The van der Waals surface area contributed by atoms with Gasteiger partial charge in [-0.05, 0) is 189 Å². The van der Waals surface area contributed by atoms with Crippen molar-refractivity contribution in [3.8, 4) is 44.9 Å². The molecule has 2 saturated carbocycles. The molecular weight excluding hydrogens is 916 g/mol. The molecule has 6 aliphatic rings. The van der Waals surface area contributed by atoms with E-state index in [-0.39, 0.29) is 6.71 Å². The second-order valence-electron chi connectivity index (χ2n) is 26.1. The van der Waals surface area contributed by atoms with Crippen molar-refractivity contribution in [2.45, 2.75) is 110 Å². The minimum atomic E-state index is -0.521. The molecule has 2 fully saturated rings. The monoisotopic (exact) mass is 979 g/mol. The molecule has 3 aliphatic carbocycles. The van der Waals surface area contributed by atoms with Crippen LogP contribution in [0.2, 0.25) is 0 Å². The number of hydrogen-bond acceptors (Lipinski definition) is 0. The van der Waals surface area contributed by atoms with Crippen molar-refractivity contribution in [1.82, 2.24) is 9.13 Å². The molecule has 17 rings (SSSR count). The van der Waals surface area contributed by atoms with Gasteiger partial charge in [-0.25, -0.2) is 0 Å². The zero-order valence-corrected chi connectivity index (χ0v) is 44.9. The molecule has 0 N–H and O–H groups in total. The number of benzene rings is 9. The van der Waals surface area contributed by atoms with Crippen LogP contribution in [0.1, 0.15) is 135 Å². The van der Waals surface area contributed by atoms with Crippen LogP contribution in [-0.2, 0) is 5.41 Å². The lowest BCUT2D eigenvalue weighted by Crippen LogP contribution is -2.60. The van der Waals surface area contributed by atoms with Gasteiger partial charge in [0, 0.05) is 38.6 Å². The first-order chi connectivity index (χ1) is 37.0. The molecule has 0 saturated heterocycles. The summed E-state index contributed by atoms with van der Waals surface area (Å²) in [4.78, 5) is 0. The van der Waals surface area contributed by atoms with E-state index in [0.717, 1.165) is 0 Å². The molecule has 0 amide bonds. The van der Waals surface area contributed by atoms with E-state index in [1.54, 1.807) is 11.1 Å². The number of aromatic nitrogens is 2. The molecular formula is C73H63BN2. The molecule has 11 aromatic rings. The lowest BCUT2D eigenvalue weighted by Gasteiger charge is -2.44. The van der Waals surface area contributed by atoms with Crippen LogP contribution in [0.5, 0.6) is 0 Å². The summed E-state index contributed by atoms with van der Waals surface area (Å²) in [7, 11) is 0. The van der Waals surface area contributed by atoms with Gasteiger partial charge in [-0.1, -0.05) is 184 Å². The van der Waals surface area contributed by atoms with E-state index < -0.39 is 5.41 Å². The van der Waals surface area contributed by atoms with Crippen LogP contribution in [0.3, 0.4) is 0 Å².